The molecule has 7 nitrogen and oxygen atoms in total. The quantitative estimate of drug-likeness (QED) is 0.400. The first-order chi connectivity index (χ1) is 10.6. The van der Waals surface area contributed by atoms with Gasteiger partial charge in [-0.3, -0.25) is 14.9 Å². The molecule has 23 heavy (non-hydrogen) atoms. The largest absolute Gasteiger partial charge is 0.379 e. The molecule has 0 bridgehead atoms. The molecule has 0 spiro atoms. The fourth-order valence-corrected chi connectivity index (χ4v) is 2.50. The Hall–Kier alpha value is -1.86. The normalized spacial score (nSPS) is 16.5. The van der Waals surface area contributed by atoms with Crippen LogP contribution in [0.5, 0.6) is 0 Å². The molecule has 0 aromatic heterocycles. The number of nitrogens with zero attached hydrogens (tertiary/aromatic N) is 1. The average molecular weight is 343 g/mol. The predicted octanol–water partition coefficient (Wildman–Crippen LogP) is 2.00. The minimum absolute atomic E-state index is 0. The highest BCUT2D eigenvalue weighted by atomic mass is 35.5. The van der Waals surface area contributed by atoms with Gasteiger partial charge >= 0.3 is 0 Å². The van der Waals surface area contributed by atoms with Crippen LogP contribution < -0.4 is 16.0 Å². The smallest absolute Gasteiger partial charge is 0.292 e. The van der Waals surface area contributed by atoms with Crippen molar-refractivity contribution in [1.29, 1.82) is 0 Å². The predicted molar refractivity (Wildman–Crippen MR) is 92.2 cm³/mol. The van der Waals surface area contributed by atoms with Crippen LogP contribution in [0.25, 0.3) is 0 Å². The first kappa shape index (κ1) is 19.2. The van der Waals surface area contributed by atoms with Crippen LogP contribution in [0.1, 0.15) is 24.8 Å². The van der Waals surface area contributed by atoms with Crippen LogP contribution in [0.15, 0.2) is 18.2 Å². The number of rotatable bonds is 7. The van der Waals surface area contributed by atoms with Crippen molar-refractivity contribution in [3.63, 3.8) is 0 Å². The van der Waals surface area contributed by atoms with Crippen molar-refractivity contribution in [1.82, 2.24) is 10.6 Å². The number of nitro groups is 1. The number of nitrogens with one attached hydrogen (secondary N) is 3. The summed E-state index contributed by atoms with van der Waals surface area (Å²) >= 11 is 0. The van der Waals surface area contributed by atoms with E-state index in [1.807, 2.05) is 13.0 Å². The lowest BCUT2D eigenvalue weighted by molar-refractivity contribution is -0.384. The highest BCUT2D eigenvalue weighted by Gasteiger charge is 2.21. The Morgan fingerprint density at radius 1 is 1.43 bits per heavy atom. The molecule has 0 aliphatic carbocycles. The van der Waals surface area contributed by atoms with E-state index in [4.69, 9.17) is 0 Å². The van der Waals surface area contributed by atoms with Gasteiger partial charge in [0.05, 0.1) is 11.0 Å². The Balaban J connectivity index is 0.00000264. The molecular formula is C15H23ClN4O3. The summed E-state index contributed by atoms with van der Waals surface area (Å²) in [7, 11) is 0. The van der Waals surface area contributed by atoms with Crippen LogP contribution in [0, 0.1) is 17.0 Å². The van der Waals surface area contributed by atoms with Gasteiger partial charge in [0.15, 0.2) is 0 Å². The minimum Gasteiger partial charge on any atom is -0.379 e. The standard InChI is InChI=1S/C15H22N4O3.ClH/c1-11-5-6-12(14(10-11)19(21)22)16-8-3-9-18-15(20)13-4-2-7-17-13;/h5-6,10,13,16-17H,2-4,7-9H2,1H3,(H,18,20);1H. The number of carbonyl (C=O) groups is 1. The number of aryl methyl sites for hydroxylation is 1. The van der Waals surface area contributed by atoms with Gasteiger partial charge in [-0.2, -0.15) is 0 Å². The summed E-state index contributed by atoms with van der Waals surface area (Å²) < 4.78 is 0. The first-order valence-electron chi connectivity index (χ1n) is 7.58. The monoisotopic (exact) mass is 342 g/mol. The van der Waals surface area contributed by atoms with Gasteiger partial charge in [-0.25, -0.2) is 0 Å². The molecule has 2 rings (SSSR count). The third-order valence-corrected chi connectivity index (χ3v) is 3.69. The maximum Gasteiger partial charge on any atom is 0.292 e. The van der Waals surface area contributed by atoms with E-state index in [0.29, 0.717) is 25.2 Å². The highest BCUT2D eigenvalue weighted by Crippen LogP contribution is 2.25. The van der Waals surface area contributed by atoms with Gasteiger partial charge in [0.25, 0.3) is 5.69 Å². The molecule has 1 aliphatic rings. The highest BCUT2D eigenvalue weighted by molar-refractivity contribution is 5.85. The van der Waals surface area contributed by atoms with Gasteiger partial charge in [0.2, 0.25) is 5.91 Å². The summed E-state index contributed by atoms with van der Waals surface area (Å²) in [6, 6.07) is 5.04. The van der Waals surface area contributed by atoms with Crippen LogP contribution in [0.2, 0.25) is 0 Å². The molecule has 1 saturated heterocycles. The average Bonchev–Trinajstić information content (AvgIpc) is 3.02. The number of nitro benzene ring substituents is 1. The lowest BCUT2D eigenvalue weighted by Crippen LogP contribution is -2.41. The summed E-state index contributed by atoms with van der Waals surface area (Å²) in [5.74, 6) is 0.0406. The van der Waals surface area contributed by atoms with E-state index in [-0.39, 0.29) is 35.0 Å². The second kappa shape index (κ2) is 9.32. The molecule has 3 N–H and O–H groups in total. The number of carbonyl (C=O) groups excluding carboxylic acids is 1. The molecule has 128 valence electrons. The molecule has 1 unspecified atom stereocenters. The number of anilines is 1. The SMILES string of the molecule is Cc1ccc(NCCCNC(=O)C2CCCN2)c([N+](=O)[O-])c1.Cl. The van der Waals surface area contributed by atoms with E-state index in [9.17, 15) is 14.9 Å². The summed E-state index contributed by atoms with van der Waals surface area (Å²) in [4.78, 5) is 22.4. The molecule has 1 heterocycles. The summed E-state index contributed by atoms with van der Waals surface area (Å²) in [6.07, 6.45) is 2.64. The van der Waals surface area contributed by atoms with Gasteiger partial charge in [0, 0.05) is 19.2 Å². The second-order valence-corrected chi connectivity index (χ2v) is 5.50. The molecule has 0 radical (unpaired) electrons. The summed E-state index contributed by atoms with van der Waals surface area (Å²) in [5, 5.41) is 20.1. The van der Waals surface area contributed by atoms with Gasteiger partial charge in [-0.15, -0.1) is 12.4 Å². The number of hydrogen-bond donors (Lipinski definition) is 3. The van der Waals surface area contributed by atoms with E-state index in [2.05, 4.69) is 16.0 Å². The topological polar surface area (TPSA) is 96.3 Å². The molecule has 1 aromatic carbocycles. The fraction of sp³-hybridized carbons (Fsp3) is 0.533. The number of hydrogen-bond acceptors (Lipinski definition) is 5. The molecule has 1 aliphatic heterocycles. The van der Waals surface area contributed by atoms with E-state index < -0.39 is 0 Å². The maximum atomic E-state index is 11.8. The maximum absolute atomic E-state index is 11.8. The molecule has 1 atom stereocenters. The van der Waals surface area contributed by atoms with Gasteiger partial charge < -0.3 is 16.0 Å². The molecule has 1 fully saturated rings. The number of benzene rings is 1. The van der Waals surface area contributed by atoms with Crippen molar-refractivity contribution in [3.05, 3.63) is 33.9 Å². The second-order valence-electron chi connectivity index (χ2n) is 5.50. The fourth-order valence-electron chi connectivity index (χ4n) is 2.50. The number of amides is 1. The molecule has 1 amide bonds. The lowest BCUT2D eigenvalue weighted by atomic mass is 10.2. The lowest BCUT2D eigenvalue weighted by Gasteiger charge is -2.11. The first-order valence-corrected chi connectivity index (χ1v) is 7.58. The summed E-state index contributed by atoms with van der Waals surface area (Å²) in [6.45, 7) is 3.85. The Kier molecular flexibility index (Phi) is 7.77. The third-order valence-electron chi connectivity index (χ3n) is 3.69. The third kappa shape index (κ3) is 5.69. The van der Waals surface area contributed by atoms with Crippen molar-refractivity contribution in [2.75, 3.05) is 25.0 Å². The molecular weight excluding hydrogens is 320 g/mol. The zero-order valence-electron chi connectivity index (χ0n) is 13.1. The van der Waals surface area contributed by atoms with Crippen molar-refractivity contribution in [3.8, 4) is 0 Å². The van der Waals surface area contributed by atoms with E-state index in [1.165, 1.54) is 0 Å². The van der Waals surface area contributed by atoms with Crippen LogP contribution in [0.3, 0.4) is 0 Å². The van der Waals surface area contributed by atoms with Crippen molar-refractivity contribution in [2.45, 2.75) is 32.2 Å². The minimum atomic E-state index is -0.386. The van der Waals surface area contributed by atoms with Gasteiger partial charge in [-0.1, -0.05) is 6.07 Å². The molecule has 1 aromatic rings. The Morgan fingerprint density at radius 3 is 2.87 bits per heavy atom. The zero-order valence-corrected chi connectivity index (χ0v) is 13.9. The number of halogens is 1. The van der Waals surface area contributed by atoms with Gasteiger partial charge in [-0.05, 0) is 44.4 Å². The van der Waals surface area contributed by atoms with Crippen LogP contribution in [0.4, 0.5) is 11.4 Å². The van der Waals surface area contributed by atoms with Crippen LogP contribution in [-0.2, 0) is 4.79 Å². The van der Waals surface area contributed by atoms with Crippen LogP contribution >= 0.6 is 12.4 Å². The van der Waals surface area contributed by atoms with E-state index in [0.717, 1.165) is 24.9 Å². The van der Waals surface area contributed by atoms with Gasteiger partial charge in [0.1, 0.15) is 5.69 Å². The van der Waals surface area contributed by atoms with E-state index in [1.54, 1.807) is 12.1 Å². The van der Waals surface area contributed by atoms with Crippen molar-refractivity contribution >= 4 is 29.7 Å². The Bertz CT molecular complexity index is 548. The van der Waals surface area contributed by atoms with Crippen molar-refractivity contribution < 1.29 is 9.72 Å². The molecule has 8 heteroatoms. The molecule has 0 saturated carbocycles. The van der Waals surface area contributed by atoms with Crippen molar-refractivity contribution in [2.24, 2.45) is 0 Å². The van der Waals surface area contributed by atoms with Crippen LogP contribution in [-0.4, -0.2) is 36.5 Å². The van der Waals surface area contributed by atoms with E-state index >= 15 is 0 Å². The summed E-state index contributed by atoms with van der Waals surface area (Å²) in [5.41, 5.74) is 1.45. The Labute approximate surface area is 141 Å². The Morgan fingerprint density at radius 2 is 2.22 bits per heavy atom. The zero-order chi connectivity index (χ0) is 15.9.